The molecule has 0 atom stereocenters. The van der Waals surface area contributed by atoms with Crippen LogP contribution in [0, 0.1) is 0 Å². The van der Waals surface area contributed by atoms with Gasteiger partial charge in [0, 0.05) is 23.5 Å². The monoisotopic (exact) mass is 249 g/mol. The van der Waals surface area contributed by atoms with E-state index >= 15 is 0 Å². The molecule has 0 bridgehead atoms. The summed E-state index contributed by atoms with van der Waals surface area (Å²) in [5.41, 5.74) is 2.83. The molecular weight excluding hydrogens is 238 g/mol. The van der Waals surface area contributed by atoms with Crippen molar-refractivity contribution >= 4 is 5.71 Å². The lowest BCUT2D eigenvalue weighted by Gasteiger charge is -2.06. The van der Waals surface area contributed by atoms with E-state index in [1.54, 1.807) is 18.7 Å². The second-order valence-electron chi connectivity index (χ2n) is 3.87. The molecule has 19 heavy (non-hydrogen) atoms. The summed E-state index contributed by atoms with van der Waals surface area (Å²) >= 11 is 0. The van der Waals surface area contributed by atoms with Gasteiger partial charge in [-0.25, -0.2) is 4.98 Å². The van der Waals surface area contributed by atoms with Crippen LogP contribution in [0.4, 0.5) is 0 Å². The molecule has 0 N–H and O–H groups in total. The molecule has 5 nitrogen and oxygen atoms in total. The molecule has 0 spiro atoms. The molecule has 0 saturated carbocycles. The molecule has 3 rings (SSSR count). The van der Waals surface area contributed by atoms with E-state index in [0.717, 1.165) is 16.8 Å². The normalized spacial score (nSPS) is 11.5. The van der Waals surface area contributed by atoms with Crippen molar-refractivity contribution in [3.63, 3.8) is 0 Å². The van der Waals surface area contributed by atoms with Crippen LogP contribution in [0.1, 0.15) is 11.1 Å². The van der Waals surface area contributed by atoms with Crippen LogP contribution in [0.25, 0.3) is 0 Å². The highest BCUT2D eigenvalue weighted by Crippen LogP contribution is 2.10. The number of aromatic nitrogens is 4. The summed E-state index contributed by atoms with van der Waals surface area (Å²) in [5, 5.41) is 8.50. The molecule has 5 heteroatoms. The van der Waals surface area contributed by atoms with Crippen molar-refractivity contribution in [1.29, 1.82) is 0 Å². The first kappa shape index (κ1) is 11.3. The van der Waals surface area contributed by atoms with E-state index < -0.39 is 0 Å². The molecule has 0 radical (unpaired) electrons. The fraction of sp³-hybridized carbons (Fsp3) is 0. The van der Waals surface area contributed by atoms with Crippen LogP contribution in [0.3, 0.4) is 0 Å². The predicted molar refractivity (Wildman–Crippen MR) is 71.7 cm³/mol. The van der Waals surface area contributed by atoms with E-state index in [1.807, 2.05) is 42.5 Å². The van der Waals surface area contributed by atoms with Crippen LogP contribution < -0.4 is 0 Å². The molecule has 0 fully saturated rings. The Morgan fingerprint density at radius 2 is 1.63 bits per heavy atom. The lowest BCUT2D eigenvalue weighted by atomic mass is 10.0. The maximum absolute atomic E-state index is 4.49. The zero-order valence-electron chi connectivity index (χ0n) is 10.1. The van der Waals surface area contributed by atoms with E-state index in [0.29, 0.717) is 0 Å². The molecular formula is C14H11N5. The Labute approximate surface area is 110 Å². The van der Waals surface area contributed by atoms with Gasteiger partial charge in [-0.3, -0.25) is 4.98 Å². The zero-order chi connectivity index (χ0) is 12.9. The van der Waals surface area contributed by atoms with Crippen LogP contribution in [0.15, 0.2) is 72.6 Å². The molecule has 0 aliphatic heterocycles. The summed E-state index contributed by atoms with van der Waals surface area (Å²) in [6.45, 7) is 0. The minimum absolute atomic E-state index is 0.827. The quantitative estimate of drug-likeness (QED) is 0.667. The number of rotatable bonds is 3. The van der Waals surface area contributed by atoms with Gasteiger partial charge in [-0.2, -0.15) is 0 Å². The van der Waals surface area contributed by atoms with E-state index in [4.69, 9.17) is 0 Å². The largest absolute Gasteiger partial charge is 0.265 e. The Bertz CT molecular complexity index is 618. The first-order valence-electron chi connectivity index (χ1n) is 5.83. The Kier molecular flexibility index (Phi) is 3.10. The topological polar surface area (TPSA) is 56.0 Å². The van der Waals surface area contributed by atoms with E-state index in [9.17, 15) is 0 Å². The van der Waals surface area contributed by atoms with E-state index in [2.05, 4.69) is 20.2 Å². The third kappa shape index (κ3) is 2.55. The van der Waals surface area contributed by atoms with Gasteiger partial charge in [0.15, 0.2) is 0 Å². The van der Waals surface area contributed by atoms with Gasteiger partial charge in [-0.1, -0.05) is 30.3 Å². The number of nitrogens with zero attached hydrogens (tertiary/aromatic N) is 5. The summed E-state index contributed by atoms with van der Waals surface area (Å²) in [6, 6.07) is 13.8. The summed E-state index contributed by atoms with van der Waals surface area (Å²) < 4.78 is 0. The highest BCUT2D eigenvalue weighted by atomic mass is 15.5. The van der Waals surface area contributed by atoms with Crippen molar-refractivity contribution in [3.05, 3.63) is 78.6 Å². The van der Waals surface area contributed by atoms with Crippen LogP contribution in [-0.2, 0) is 0 Å². The third-order valence-corrected chi connectivity index (χ3v) is 2.61. The molecule has 0 unspecified atom stereocenters. The Hall–Kier alpha value is -2.82. The fourth-order valence-electron chi connectivity index (χ4n) is 1.74. The van der Waals surface area contributed by atoms with Crippen molar-refractivity contribution in [3.8, 4) is 0 Å². The Morgan fingerprint density at radius 1 is 0.895 bits per heavy atom. The highest BCUT2D eigenvalue weighted by Gasteiger charge is 2.07. The standard InChI is InChI=1S/C14H11N5/c1-2-4-12(5-3-1)14(13-6-8-15-9-7-13)18-19-11-16-10-17-19/h1-11H. The minimum atomic E-state index is 0.827. The SMILES string of the molecule is c1ccc(C(=Nn2cncn2)c2ccncc2)cc1. The van der Waals surface area contributed by atoms with Crippen LogP contribution in [0.2, 0.25) is 0 Å². The van der Waals surface area contributed by atoms with Gasteiger partial charge >= 0.3 is 0 Å². The average Bonchev–Trinajstić information content (AvgIpc) is 3.00. The number of hydrogen-bond donors (Lipinski definition) is 0. The smallest absolute Gasteiger partial charge is 0.139 e. The summed E-state index contributed by atoms with van der Waals surface area (Å²) in [4.78, 5) is 9.37. The molecule has 0 aliphatic rings. The molecule has 0 saturated heterocycles. The van der Waals surface area contributed by atoms with Crippen LogP contribution >= 0.6 is 0 Å². The number of pyridine rings is 1. The van der Waals surface area contributed by atoms with Crippen molar-refractivity contribution < 1.29 is 0 Å². The van der Waals surface area contributed by atoms with Crippen molar-refractivity contribution in [2.75, 3.05) is 0 Å². The highest BCUT2D eigenvalue weighted by molar-refractivity contribution is 6.12. The molecule has 2 aromatic heterocycles. The van der Waals surface area contributed by atoms with E-state index in [1.165, 1.54) is 11.1 Å². The fourth-order valence-corrected chi connectivity index (χ4v) is 1.74. The zero-order valence-corrected chi connectivity index (χ0v) is 10.1. The molecule has 0 aliphatic carbocycles. The minimum Gasteiger partial charge on any atom is -0.265 e. The van der Waals surface area contributed by atoms with E-state index in [-0.39, 0.29) is 0 Å². The average molecular weight is 249 g/mol. The van der Waals surface area contributed by atoms with Gasteiger partial charge < -0.3 is 0 Å². The molecule has 3 aromatic rings. The van der Waals surface area contributed by atoms with Crippen LogP contribution in [0.5, 0.6) is 0 Å². The van der Waals surface area contributed by atoms with Gasteiger partial charge in [0.1, 0.15) is 18.4 Å². The Balaban J connectivity index is 2.12. The number of hydrogen-bond acceptors (Lipinski definition) is 4. The maximum atomic E-state index is 4.49. The lowest BCUT2D eigenvalue weighted by Crippen LogP contribution is -2.06. The van der Waals surface area contributed by atoms with Crippen molar-refractivity contribution in [2.45, 2.75) is 0 Å². The number of benzene rings is 1. The summed E-state index contributed by atoms with van der Waals surface area (Å²) in [6.07, 6.45) is 6.51. The van der Waals surface area contributed by atoms with Gasteiger partial charge in [-0.15, -0.1) is 15.0 Å². The first-order valence-corrected chi connectivity index (χ1v) is 5.83. The van der Waals surface area contributed by atoms with Gasteiger partial charge in [0.25, 0.3) is 0 Å². The maximum Gasteiger partial charge on any atom is 0.139 e. The summed E-state index contributed by atoms with van der Waals surface area (Å²) in [7, 11) is 0. The second kappa shape index (κ2) is 5.22. The summed E-state index contributed by atoms with van der Waals surface area (Å²) in [5.74, 6) is 0. The lowest BCUT2D eigenvalue weighted by molar-refractivity contribution is 0.739. The van der Waals surface area contributed by atoms with Crippen molar-refractivity contribution in [2.24, 2.45) is 5.10 Å². The first-order chi connectivity index (χ1) is 9.43. The van der Waals surface area contributed by atoms with Gasteiger partial charge in [0.05, 0.1) is 0 Å². The van der Waals surface area contributed by atoms with Crippen molar-refractivity contribution in [1.82, 2.24) is 19.9 Å². The van der Waals surface area contributed by atoms with Crippen LogP contribution in [-0.4, -0.2) is 25.6 Å². The third-order valence-electron chi connectivity index (χ3n) is 2.61. The predicted octanol–water partition coefficient (Wildman–Crippen LogP) is 1.97. The molecule has 2 heterocycles. The molecule has 0 amide bonds. The van der Waals surface area contributed by atoms with Gasteiger partial charge in [-0.05, 0) is 12.1 Å². The van der Waals surface area contributed by atoms with Gasteiger partial charge in [0.2, 0.25) is 0 Å². The second-order valence-corrected chi connectivity index (χ2v) is 3.87. The molecule has 1 aromatic carbocycles. The Morgan fingerprint density at radius 3 is 2.32 bits per heavy atom. The molecule has 92 valence electrons.